The molecule has 0 unspecified atom stereocenters. The summed E-state index contributed by atoms with van der Waals surface area (Å²) in [5, 5.41) is 11.3. The van der Waals surface area contributed by atoms with Gasteiger partial charge in [0.2, 0.25) is 5.91 Å². The molecule has 0 aliphatic rings. The number of amides is 1. The molecule has 0 aliphatic heterocycles. The molecule has 10 nitrogen and oxygen atoms in total. The van der Waals surface area contributed by atoms with E-state index >= 15 is 0 Å². The molecule has 11 heteroatoms. The number of aromatic amines is 2. The zero-order chi connectivity index (χ0) is 27.8. The van der Waals surface area contributed by atoms with Crippen molar-refractivity contribution in [2.75, 3.05) is 33.1 Å². The lowest BCUT2D eigenvalue weighted by Gasteiger charge is -2.11. The highest BCUT2D eigenvalue weighted by atomic mass is 19.1. The molecule has 0 bridgehead atoms. The van der Waals surface area contributed by atoms with Gasteiger partial charge in [-0.3, -0.25) is 19.9 Å². The van der Waals surface area contributed by atoms with Gasteiger partial charge < -0.3 is 19.9 Å². The largest absolute Gasteiger partial charge is 0.497 e. The van der Waals surface area contributed by atoms with Crippen molar-refractivity contribution in [2.45, 2.75) is 0 Å². The molecule has 4 aromatic heterocycles. The Bertz CT molecular complexity index is 1880. The second kappa shape index (κ2) is 10.2. The van der Waals surface area contributed by atoms with Crippen molar-refractivity contribution in [1.82, 2.24) is 35.0 Å². The van der Waals surface area contributed by atoms with Crippen LogP contribution in [0, 0.1) is 5.82 Å². The summed E-state index contributed by atoms with van der Waals surface area (Å²) in [5.41, 5.74) is 6.21. The van der Waals surface area contributed by atoms with E-state index < -0.39 is 5.82 Å². The average Bonchev–Trinajstić information content (AvgIpc) is 3.56. The number of benzene rings is 2. The Labute approximate surface area is 228 Å². The minimum atomic E-state index is -0.425. The van der Waals surface area contributed by atoms with Gasteiger partial charge in [-0.05, 0) is 56.1 Å². The average molecular weight is 537 g/mol. The van der Waals surface area contributed by atoms with Gasteiger partial charge in [-0.2, -0.15) is 5.10 Å². The molecule has 0 radical (unpaired) electrons. The monoisotopic (exact) mass is 536 g/mol. The fraction of sp³-hybridized carbons (Fsp3) is 0.138. The maximum absolute atomic E-state index is 14.2. The zero-order valence-electron chi connectivity index (χ0n) is 22.0. The number of imidazole rings is 1. The maximum Gasteiger partial charge on any atom is 0.238 e. The van der Waals surface area contributed by atoms with Crippen LogP contribution in [0.25, 0.3) is 55.8 Å². The van der Waals surface area contributed by atoms with Crippen LogP contribution in [-0.2, 0) is 4.79 Å². The Kier molecular flexibility index (Phi) is 6.40. The normalized spacial score (nSPS) is 11.4. The van der Waals surface area contributed by atoms with Gasteiger partial charge >= 0.3 is 0 Å². The van der Waals surface area contributed by atoms with E-state index in [1.54, 1.807) is 29.6 Å². The Hall–Kier alpha value is -5.16. The van der Waals surface area contributed by atoms with E-state index in [9.17, 15) is 9.18 Å². The van der Waals surface area contributed by atoms with Crippen LogP contribution in [0.1, 0.15) is 0 Å². The van der Waals surface area contributed by atoms with Crippen LogP contribution in [0.2, 0.25) is 0 Å². The van der Waals surface area contributed by atoms with Crippen LogP contribution >= 0.6 is 0 Å². The number of methoxy groups -OCH3 is 1. The smallest absolute Gasteiger partial charge is 0.238 e. The molecule has 40 heavy (non-hydrogen) atoms. The molecule has 4 heterocycles. The predicted molar refractivity (Wildman–Crippen MR) is 151 cm³/mol. The number of likely N-dealkylation sites (N-methyl/N-ethyl adjacent to an activating group) is 1. The number of ether oxygens (including phenoxy) is 1. The molecular formula is C29H25FN8O2. The first kappa shape index (κ1) is 25.1. The molecule has 0 spiro atoms. The molecule has 0 aliphatic carbocycles. The highest BCUT2D eigenvalue weighted by Gasteiger charge is 2.17. The molecule has 3 N–H and O–H groups in total. The van der Waals surface area contributed by atoms with Gasteiger partial charge in [0, 0.05) is 35.0 Å². The van der Waals surface area contributed by atoms with Gasteiger partial charge in [-0.25, -0.2) is 9.37 Å². The zero-order valence-corrected chi connectivity index (χ0v) is 22.0. The van der Waals surface area contributed by atoms with E-state index in [0.717, 1.165) is 27.5 Å². The molecule has 200 valence electrons. The Morgan fingerprint density at radius 3 is 2.70 bits per heavy atom. The Morgan fingerprint density at radius 1 is 1.00 bits per heavy atom. The number of fused-ring (bicyclic) bond motifs is 2. The fourth-order valence-electron chi connectivity index (χ4n) is 4.60. The summed E-state index contributed by atoms with van der Waals surface area (Å²) < 4.78 is 19.5. The highest BCUT2D eigenvalue weighted by Crippen LogP contribution is 2.33. The summed E-state index contributed by atoms with van der Waals surface area (Å²) >= 11 is 0. The second-order valence-electron chi connectivity index (χ2n) is 9.60. The van der Waals surface area contributed by atoms with E-state index in [0.29, 0.717) is 39.7 Å². The number of nitrogens with one attached hydrogen (secondary N) is 3. The summed E-state index contributed by atoms with van der Waals surface area (Å²) in [6.07, 6.45) is 5.01. The van der Waals surface area contributed by atoms with E-state index in [-0.39, 0.29) is 12.5 Å². The molecule has 0 atom stereocenters. The first-order chi connectivity index (χ1) is 19.4. The number of H-pyrrole nitrogens is 2. The molecule has 6 rings (SSSR count). The summed E-state index contributed by atoms with van der Waals surface area (Å²) in [6, 6.07) is 14.0. The number of carbonyl (C=O) groups is 1. The van der Waals surface area contributed by atoms with Crippen molar-refractivity contribution >= 4 is 33.5 Å². The predicted octanol–water partition coefficient (Wildman–Crippen LogP) is 4.88. The lowest BCUT2D eigenvalue weighted by molar-refractivity contribution is -0.116. The number of carbonyl (C=O) groups excluding carboxylic acids is 1. The second-order valence-corrected chi connectivity index (χ2v) is 9.60. The SMILES string of the molecule is COc1cc(F)cc(-c2nccc3[nH]c(-c4n[nH]c5ccc(-c6cncc(NC(=O)CN(C)C)c6)cc45)nc23)c1. The van der Waals surface area contributed by atoms with Crippen LogP contribution in [-0.4, -0.2) is 68.7 Å². The number of pyridine rings is 2. The number of nitrogens with zero attached hydrogens (tertiary/aromatic N) is 5. The molecular weight excluding hydrogens is 511 g/mol. The molecule has 0 fully saturated rings. The number of rotatable bonds is 7. The molecule has 6 aromatic rings. The van der Waals surface area contributed by atoms with E-state index in [4.69, 9.17) is 9.72 Å². The number of hydrogen-bond donors (Lipinski definition) is 3. The third-order valence-electron chi connectivity index (χ3n) is 6.38. The molecule has 0 saturated heterocycles. The van der Waals surface area contributed by atoms with E-state index in [1.807, 2.05) is 44.4 Å². The van der Waals surface area contributed by atoms with Gasteiger partial charge in [0.1, 0.15) is 22.8 Å². The Balaban J connectivity index is 1.38. The lowest BCUT2D eigenvalue weighted by Crippen LogP contribution is -2.27. The van der Waals surface area contributed by atoms with E-state index in [1.165, 1.54) is 19.2 Å². The molecule has 1 amide bonds. The Morgan fingerprint density at radius 2 is 1.88 bits per heavy atom. The summed E-state index contributed by atoms with van der Waals surface area (Å²) in [4.78, 5) is 30.9. The van der Waals surface area contributed by atoms with Crippen molar-refractivity contribution in [1.29, 1.82) is 0 Å². The van der Waals surface area contributed by atoms with Gasteiger partial charge in [-0.15, -0.1) is 0 Å². The van der Waals surface area contributed by atoms with Crippen molar-refractivity contribution in [3.8, 4) is 39.7 Å². The minimum absolute atomic E-state index is 0.119. The summed E-state index contributed by atoms with van der Waals surface area (Å²) in [5.74, 6) is 0.391. The van der Waals surface area contributed by atoms with Crippen LogP contribution in [0.3, 0.4) is 0 Å². The van der Waals surface area contributed by atoms with E-state index in [2.05, 4.69) is 30.5 Å². The van der Waals surface area contributed by atoms with Gasteiger partial charge in [0.05, 0.1) is 42.3 Å². The summed E-state index contributed by atoms with van der Waals surface area (Å²) in [7, 11) is 5.16. The lowest BCUT2D eigenvalue weighted by atomic mass is 10.0. The van der Waals surface area contributed by atoms with Crippen molar-refractivity contribution in [3.05, 3.63) is 72.9 Å². The van der Waals surface area contributed by atoms with Crippen LogP contribution in [0.4, 0.5) is 10.1 Å². The molecule has 0 saturated carbocycles. The number of aromatic nitrogens is 6. The van der Waals surface area contributed by atoms with Crippen LogP contribution in [0.15, 0.2) is 67.1 Å². The van der Waals surface area contributed by atoms with Gasteiger partial charge in [-0.1, -0.05) is 6.07 Å². The minimum Gasteiger partial charge on any atom is -0.497 e. The fourth-order valence-corrected chi connectivity index (χ4v) is 4.60. The number of hydrogen-bond acceptors (Lipinski definition) is 7. The highest BCUT2D eigenvalue weighted by molar-refractivity contribution is 5.98. The van der Waals surface area contributed by atoms with Crippen molar-refractivity contribution in [2.24, 2.45) is 0 Å². The standard InChI is InChI=1S/C29H25FN8O2/c1-38(2)15-25(39)33-20-9-18(13-31-14-20)16-4-5-23-22(11-16)27(37-36-23)29-34-24-6-7-32-26(28(24)35-29)17-8-19(30)12-21(10-17)40-3/h4-14H,15H2,1-3H3,(H,33,39)(H,34,35)(H,36,37). The first-order valence-electron chi connectivity index (χ1n) is 12.5. The van der Waals surface area contributed by atoms with Crippen molar-refractivity contribution in [3.63, 3.8) is 0 Å². The number of halogens is 1. The quantitative estimate of drug-likeness (QED) is 0.266. The first-order valence-corrected chi connectivity index (χ1v) is 12.5. The summed E-state index contributed by atoms with van der Waals surface area (Å²) in [6.45, 7) is 0.274. The van der Waals surface area contributed by atoms with Crippen molar-refractivity contribution < 1.29 is 13.9 Å². The van der Waals surface area contributed by atoms with Crippen LogP contribution in [0.5, 0.6) is 5.75 Å². The topological polar surface area (TPSA) is 125 Å². The molecule has 2 aromatic carbocycles. The maximum atomic E-state index is 14.2. The number of anilines is 1. The third-order valence-corrected chi connectivity index (χ3v) is 6.38. The third kappa shape index (κ3) is 4.85. The van der Waals surface area contributed by atoms with Crippen LogP contribution < -0.4 is 10.1 Å². The van der Waals surface area contributed by atoms with Gasteiger partial charge in [0.25, 0.3) is 0 Å². The van der Waals surface area contributed by atoms with Gasteiger partial charge in [0.15, 0.2) is 5.82 Å².